The van der Waals surface area contributed by atoms with Crippen LogP contribution in [0.15, 0.2) is 21.8 Å². The molecule has 0 bridgehead atoms. The van der Waals surface area contributed by atoms with Gasteiger partial charge in [-0.05, 0) is 13.0 Å². The fourth-order valence-electron chi connectivity index (χ4n) is 0.670. The molecule has 0 aliphatic carbocycles. The zero-order valence-corrected chi connectivity index (χ0v) is 6.27. The number of hydrogen-bond acceptors (Lipinski definition) is 3. The third-order valence-corrected chi connectivity index (χ3v) is 2.06. The van der Waals surface area contributed by atoms with E-state index in [4.69, 9.17) is 14.3 Å². The molecule has 0 saturated carbocycles. The summed E-state index contributed by atoms with van der Waals surface area (Å²) in [6.45, 7) is 1.69. The second kappa shape index (κ2) is 2.10. The van der Waals surface area contributed by atoms with Gasteiger partial charge in [0.1, 0.15) is 0 Å². The molecular weight excluding hydrogens is 152 g/mol. The van der Waals surface area contributed by atoms with Crippen molar-refractivity contribution in [2.24, 2.45) is 5.14 Å². The third-order valence-electron chi connectivity index (χ3n) is 1.09. The quantitative estimate of drug-likeness (QED) is 0.639. The Bertz CT molecular complexity index is 325. The fourth-order valence-corrected chi connectivity index (χ4v) is 1.41. The number of hydrogen-bond donors (Lipinski definition) is 2. The number of aryl methyl sites for hydroxylation is 1. The van der Waals surface area contributed by atoms with Crippen LogP contribution in [0.4, 0.5) is 0 Å². The van der Waals surface area contributed by atoms with Crippen molar-refractivity contribution in [2.75, 3.05) is 0 Å². The van der Waals surface area contributed by atoms with E-state index in [2.05, 4.69) is 0 Å². The lowest BCUT2D eigenvalue weighted by molar-refractivity contribution is 0.459. The first-order chi connectivity index (χ1) is 4.52. The monoisotopic (exact) mass is 160 g/mol. The van der Waals surface area contributed by atoms with Crippen molar-refractivity contribution in [3.8, 4) is 0 Å². The topological polar surface area (TPSA) is 80.1 Å². The van der Waals surface area contributed by atoms with Crippen LogP contribution in [-0.2, 0) is 9.92 Å². The number of rotatable bonds is 1. The van der Waals surface area contributed by atoms with Crippen molar-refractivity contribution in [3.63, 3.8) is 0 Å². The smallest absolute Gasteiger partial charge is 0.215 e. The minimum atomic E-state index is -3.16. The van der Waals surface area contributed by atoms with E-state index in [1.54, 1.807) is 13.0 Å². The number of nitrogens with one attached hydrogen (secondary N) is 1. The van der Waals surface area contributed by atoms with Gasteiger partial charge in [-0.1, -0.05) is 0 Å². The van der Waals surface area contributed by atoms with Gasteiger partial charge in [-0.2, -0.15) is 0 Å². The molecule has 0 aliphatic heterocycles. The van der Waals surface area contributed by atoms with Gasteiger partial charge in [0, 0.05) is 5.56 Å². The zero-order chi connectivity index (χ0) is 7.78. The van der Waals surface area contributed by atoms with Crippen molar-refractivity contribution in [1.29, 1.82) is 4.78 Å². The highest BCUT2D eigenvalue weighted by molar-refractivity contribution is 7.90. The summed E-state index contributed by atoms with van der Waals surface area (Å²) >= 11 is 0. The Morgan fingerprint density at radius 2 is 2.40 bits per heavy atom. The molecular formula is C5H8N2O2S. The molecule has 0 fully saturated rings. The maximum Gasteiger partial charge on any atom is 0.215 e. The SMILES string of the molecule is Cc1ccoc1S(=N)(N)=O. The first kappa shape index (κ1) is 7.30. The minimum Gasteiger partial charge on any atom is -0.453 e. The van der Waals surface area contributed by atoms with Crippen LogP contribution in [0.5, 0.6) is 0 Å². The van der Waals surface area contributed by atoms with Gasteiger partial charge in [0.25, 0.3) is 0 Å². The summed E-state index contributed by atoms with van der Waals surface area (Å²) in [5.41, 5.74) is 0.655. The highest BCUT2D eigenvalue weighted by atomic mass is 32.2. The molecule has 1 rings (SSSR count). The molecule has 0 radical (unpaired) electrons. The molecule has 5 heteroatoms. The first-order valence-electron chi connectivity index (χ1n) is 2.62. The minimum absolute atomic E-state index is 0.0625. The molecule has 0 aromatic carbocycles. The van der Waals surface area contributed by atoms with E-state index >= 15 is 0 Å². The van der Waals surface area contributed by atoms with Crippen LogP contribution < -0.4 is 5.14 Å². The van der Waals surface area contributed by atoms with Gasteiger partial charge >= 0.3 is 0 Å². The largest absolute Gasteiger partial charge is 0.453 e. The Hall–Kier alpha value is -0.810. The lowest BCUT2D eigenvalue weighted by Gasteiger charge is -1.94. The summed E-state index contributed by atoms with van der Waals surface area (Å²) < 4.78 is 22.5. The molecule has 10 heavy (non-hydrogen) atoms. The Morgan fingerprint density at radius 3 is 2.60 bits per heavy atom. The molecule has 3 N–H and O–H groups in total. The van der Waals surface area contributed by atoms with E-state index in [1.807, 2.05) is 0 Å². The molecule has 0 amide bonds. The molecule has 1 aromatic heterocycles. The Labute approximate surface area is 59.1 Å². The summed E-state index contributed by atoms with van der Waals surface area (Å²) in [6.07, 6.45) is 1.37. The van der Waals surface area contributed by atoms with Crippen LogP contribution in [0.25, 0.3) is 0 Å². The van der Waals surface area contributed by atoms with Crippen LogP contribution in [0.3, 0.4) is 0 Å². The first-order valence-corrected chi connectivity index (χ1v) is 4.24. The lowest BCUT2D eigenvalue weighted by Crippen LogP contribution is -2.10. The van der Waals surface area contributed by atoms with E-state index in [0.717, 1.165) is 0 Å². The summed E-state index contributed by atoms with van der Waals surface area (Å²) in [7, 11) is -3.16. The lowest BCUT2D eigenvalue weighted by atomic mass is 10.4. The molecule has 1 heterocycles. The van der Waals surface area contributed by atoms with Crippen LogP contribution >= 0.6 is 0 Å². The molecule has 1 atom stereocenters. The number of furan rings is 1. The van der Waals surface area contributed by atoms with Crippen molar-refractivity contribution >= 4 is 9.92 Å². The second-order valence-corrected chi connectivity index (χ2v) is 3.56. The van der Waals surface area contributed by atoms with Crippen molar-refractivity contribution in [2.45, 2.75) is 12.0 Å². The summed E-state index contributed by atoms with van der Waals surface area (Å²) in [6, 6.07) is 1.62. The third kappa shape index (κ3) is 1.19. The van der Waals surface area contributed by atoms with Gasteiger partial charge in [0.2, 0.25) is 5.09 Å². The fraction of sp³-hybridized carbons (Fsp3) is 0.200. The predicted molar refractivity (Wildman–Crippen MR) is 36.8 cm³/mol. The van der Waals surface area contributed by atoms with E-state index < -0.39 is 9.92 Å². The number of nitrogens with two attached hydrogens (primary N) is 1. The standard InChI is InChI=1S/C5H8N2O2S/c1-4-2-3-9-5(4)10(6,7)8/h2-3H,1H3,(H3,6,7,8). The van der Waals surface area contributed by atoms with Gasteiger partial charge in [0.15, 0.2) is 9.92 Å². The maximum absolute atomic E-state index is 10.8. The van der Waals surface area contributed by atoms with Gasteiger partial charge < -0.3 is 4.42 Å². The van der Waals surface area contributed by atoms with Crippen molar-refractivity contribution < 1.29 is 8.63 Å². The summed E-state index contributed by atoms with van der Waals surface area (Å²) in [5.74, 6) is 0. The highest BCUT2D eigenvalue weighted by Gasteiger charge is 2.09. The normalized spacial score (nSPS) is 16.6. The van der Waals surface area contributed by atoms with Crippen molar-refractivity contribution in [1.82, 2.24) is 0 Å². The van der Waals surface area contributed by atoms with E-state index in [1.165, 1.54) is 6.26 Å². The molecule has 0 aliphatic rings. The average molecular weight is 160 g/mol. The maximum atomic E-state index is 10.8. The van der Waals surface area contributed by atoms with Crippen molar-refractivity contribution in [3.05, 3.63) is 17.9 Å². The molecule has 1 unspecified atom stereocenters. The average Bonchev–Trinajstić information content (AvgIpc) is 2.11. The van der Waals surface area contributed by atoms with E-state index in [0.29, 0.717) is 5.56 Å². The Kier molecular flexibility index (Phi) is 1.53. The second-order valence-electron chi connectivity index (χ2n) is 1.99. The summed E-state index contributed by atoms with van der Waals surface area (Å²) in [5, 5.41) is 5.07. The van der Waals surface area contributed by atoms with Gasteiger partial charge in [-0.3, -0.25) is 0 Å². The highest BCUT2D eigenvalue weighted by Crippen LogP contribution is 2.13. The molecule has 56 valence electrons. The van der Waals surface area contributed by atoms with E-state index in [-0.39, 0.29) is 5.09 Å². The molecule has 4 nitrogen and oxygen atoms in total. The molecule has 0 saturated heterocycles. The van der Waals surface area contributed by atoms with E-state index in [9.17, 15) is 4.21 Å². The Balaban J connectivity index is 3.32. The summed E-state index contributed by atoms with van der Waals surface area (Å²) in [4.78, 5) is 0. The van der Waals surface area contributed by atoms with Crippen LogP contribution in [-0.4, -0.2) is 4.21 Å². The molecule has 1 aromatic rings. The van der Waals surface area contributed by atoms with Gasteiger partial charge in [-0.15, -0.1) is 0 Å². The van der Waals surface area contributed by atoms with Gasteiger partial charge in [0.05, 0.1) is 6.26 Å². The van der Waals surface area contributed by atoms with Crippen LogP contribution in [0, 0.1) is 11.7 Å². The van der Waals surface area contributed by atoms with Gasteiger partial charge in [-0.25, -0.2) is 14.1 Å². The zero-order valence-electron chi connectivity index (χ0n) is 5.46. The van der Waals surface area contributed by atoms with Crippen LogP contribution in [0.2, 0.25) is 0 Å². The Morgan fingerprint density at radius 1 is 1.80 bits per heavy atom. The molecule has 0 spiro atoms. The van der Waals surface area contributed by atoms with Crippen LogP contribution in [0.1, 0.15) is 5.56 Å². The predicted octanol–water partition coefficient (Wildman–Crippen LogP) is 0.867.